The van der Waals surface area contributed by atoms with Crippen LogP contribution in [0.15, 0.2) is 21.8 Å². The van der Waals surface area contributed by atoms with Gasteiger partial charge in [-0.05, 0) is 5.22 Å². The Bertz CT molecular complexity index is 173. The van der Waals surface area contributed by atoms with E-state index in [0.29, 0.717) is 6.54 Å². The average Bonchev–Trinajstić information content (AvgIpc) is 2.67. The minimum atomic E-state index is 0. The second kappa shape index (κ2) is 6.46. The van der Waals surface area contributed by atoms with Crippen molar-refractivity contribution >= 4 is 6.21 Å². The first kappa shape index (κ1) is 9.34. The van der Waals surface area contributed by atoms with Gasteiger partial charge in [-0.1, -0.05) is 12.6 Å². The lowest BCUT2D eigenvalue weighted by atomic mass is 10.8. The van der Waals surface area contributed by atoms with Crippen molar-refractivity contribution in [3.8, 4) is 0 Å². The van der Waals surface area contributed by atoms with Crippen molar-refractivity contribution in [2.45, 2.75) is 7.43 Å². The first-order chi connectivity index (χ1) is 5.00. The Morgan fingerprint density at radius 2 is 2.27 bits per heavy atom. The molecule has 1 aliphatic heterocycles. The van der Waals surface area contributed by atoms with Crippen LogP contribution in [0.1, 0.15) is 7.43 Å². The third-order valence-corrected chi connectivity index (χ3v) is 0.629. The Morgan fingerprint density at radius 3 is 2.45 bits per heavy atom. The molecule has 0 fully saturated rings. The van der Waals surface area contributed by atoms with Crippen molar-refractivity contribution in [3.63, 3.8) is 0 Å². The molecule has 0 saturated carbocycles. The van der Waals surface area contributed by atoms with Crippen LogP contribution in [0.25, 0.3) is 0 Å². The summed E-state index contributed by atoms with van der Waals surface area (Å²) in [6, 6.07) is 0. The summed E-state index contributed by atoms with van der Waals surface area (Å²) < 4.78 is 0. The lowest BCUT2D eigenvalue weighted by Gasteiger charge is -1.52. The van der Waals surface area contributed by atoms with Gasteiger partial charge in [0, 0.05) is 0 Å². The fourth-order valence-corrected chi connectivity index (χ4v) is 0.312. The van der Waals surface area contributed by atoms with Gasteiger partial charge in [-0.25, -0.2) is 0 Å². The van der Waals surface area contributed by atoms with Gasteiger partial charge in [-0.3, -0.25) is 0 Å². The molecule has 2 heterocycles. The summed E-state index contributed by atoms with van der Waals surface area (Å²) >= 11 is 0. The minimum absolute atomic E-state index is 0. The molecule has 1 aliphatic rings. The highest BCUT2D eigenvalue weighted by Gasteiger charge is 1.75. The first-order valence-electron chi connectivity index (χ1n) is 2.55. The molecule has 60 valence electrons. The van der Waals surface area contributed by atoms with Crippen molar-refractivity contribution in [2.24, 2.45) is 15.4 Å². The second-order valence-electron chi connectivity index (χ2n) is 1.27. The number of hydrogen-bond acceptors (Lipinski definition) is 6. The van der Waals surface area contributed by atoms with Crippen molar-refractivity contribution in [2.75, 3.05) is 6.54 Å². The van der Waals surface area contributed by atoms with Crippen LogP contribution in [-0.4, -0.2) is 33.4 Å². The fourth-order valence-electron chi connectivity index (χ4n) is 0.312. The van der Waals surface area contributed by atoms with E-state index in [4.69, 9.17) is 0 Å². The molecule has 0 atom stereocenters. The Labute approximate surface area is 63.6 Å². The van der Waals surface area contributed by atoms with Crippen LogP contribution in [0.2, 0.25) is 0 Å². The standard InChI is InChI=1S/C2H3N3.CH2N4.CH4/c2*1-2-4-5-3-1;/h1H,2H2;1H,(H,2,3,4,5);1H4. The molecule has 1 aromatic heterocycles. The van der Waals surface area contributed by atoms with Crippen LogP contribution in [0.4, 0.5) is 0 Å². The highest BCUT2D eigenvalue weighted by atomic mass is 15.5. The lowest BCUT2D eigenvalue weighted by Crippen LogP contribution is -1.65. The molecule has 11 heavy (non-hydrogen) atoms. The van der Waals surface area contributed by atoms with Gasteiger partial charge in [-0.2, -0.15) is 10.3 Å². The molecule has 0 radical (unpaired) electrons. The van der Waals surface area contributed by atoms with Crippen LogP contribution in [0.3, 0.4) is 0 Å². The third kappa shape index (κ3) is 4.82. The van der Waals surface area contributed by atoms with Gasteiger partial charge in [0.05, 0.1) is 12.8 Å². The van der Waals surface area contributed by atoms with E-state index in [0.717, 1.165) is 0 Å². The number of tetrazole rings is 1. The Morgan fingerprint density at radius 1 is 1.36 bits per heavy atom. The summed E-state index contributed by atoms with van der Waals surface area (Å²) in [5, 5.41) is 22.3. The Hall–Kier alpha value is -1.66. The Kier molecular flexibility index (Phi) is 5.49. The quantitative estimate of drug-likeness (QED) is 0.583. The summed E-state index contributed by atoms with van der Waals surface area (Å²) in [5.74, 6) is 0. The van der Waals surface area contributed by atoms with E-state index in [1.165, 1.54) is 6.33 Å². The minimum Gasteiger partial charge on any atom is -0.177 e. The zero-order valence-electron chi connectivity index (χ0n) is 5.05. The number of rotatable bonds is 0. The molecule has 1 N–H and O–H groups in total. The fraction of sp³-hybridized carbons (Fsp3) is 0.500. The van der Waals surface area contributed by atoms with Crippen LogP contribution in [0.5, 0.6) is 0 Å². The SMILES string of the molecule is C.C1=NN=NC1.c1nn[nH]n1. The van der Waals surface area contributed by atoms with Gasteiger partial charge in [-0.15, -0.1) is 15.3 Å². The van der Waals surface area contributed by atoms with E-state index in [2.05, 4.69) is 36.1 Å². The number of aromatic nitrogens is 4. The molecule has 0 aliphatic carbocycles. The molecular weight excluding hydrogens is 146 g/mol. The topological polar surface area (TPSA) is 91.5 Å². The maximum Gasteiger partial charge on any atom is 0.161 e. The second-order valence-corrected chi connectivity index (χ2v) is 1.27. The summed E-state index contributed by atoms with van der Waals surface area (Å²) in [5.41, 5.74) is 0. The Balaban J connectivity index is 0.000000167. The zero-order chi connectivity index (χ0) is 7.07. The molecule has 7 nitrogen and oxygen atoms in total. The number of aromatic amines is 1. The molecule has 0 aromatic carbocycles. The third-order valence-electron chi connectivity index (χ3n) is 0.629. The molecule has 0 amide bonds. The molecule has 0 unspecified atom stereocenters. The van der Waals surface area contributed by atoms with Crippen molar-refractivity contribution in [1.82, 2.24) is 20.6 Å². The maximum absolute atomic E-state index is 3.49. The normalized spacial score (nSPS) is 11.6. The van der Waals surface area contributed by atoms with Gasteiger partial charge < -0.3 is 0 Å². The van der Waals surface area contributed by atoms with E-state index in [9.17, 15) is 0 Å². The van der Waals surface area contributed by atoms with Crippen molar-refractivity contribution in [1.29, 1.82) is 0 Å². The molecule has 0 spiro atoms. The van der Waals surface area contributed by atoms with Crippen LogP contribution >= 0.6 is 0 Å². The molecule has 1 aromatic rings. The molecule has 7 heteroatoms. The lowest BCUT2D eigenvalue weighted by molar-refractivity contribution is 0.881. The summed E-state index contributed by atoms with van der Waals surface area (Å²) in [7, 11) is 0. The van der Waals surface area contributed by atoms with E-state index < -0.39 is 0 Å². The molecular formula is C4H9N7. The first-order valence-corrected chi connectivity index (χ1v) is 2.55. The molecule has 2 rings (SSSR count). The number of nitrogens with zero attached hydrogens (tertiary/aromatic N) is 6. The number of hydrogen-bond donors (Lipinski definition) is 1. The molecule has 0 saturated heterocycles. The number of H-pyrrole nitrogens is 1. The van der Waals surface area contributed by atoms with Crippen molar-refractivity contribution in [3.05, 3.63) is 6.33 Å². The van der Waals surface area contributed by atoms with Gasteiger partial charge in [0.25, 0.3) is 0 Å². The average molecular weight is 155 g/mol. The van der Waals surface area contributed by atoms with E-state index in [1.807, 2.05) is 0 Å². The highest BCUT2D eigenvalue weighted by molar-refractivity contribution is 5.60. The summed E-state index contributed by atoms with van der Waals surface area (Å²) in [6.45, 7) is 0.667. The predicted molar refractivity (Wildman–Crippen MR) is 39.1 cm³/mol. The van der Waals surface area contributed by atoms with Crippen LogP contribution in [-0.2, 0) is 0 Å². The molecule has 0 bridgehead atoms. The predicted octanol–water partition coefficient (Wildman–Crippen LogP) is 0.274. The monoisotopic (exact) mass is 155 g/mol. The van der Waals surface area contributed by atoms with Gasteiger partial charge in [0.2, 0.25) is 0 Å². The zero-order valence-corrected chi connectivity index (χ0v) is 5.05. The van der Waals surface area contributed by atoms with E-state index in [-0.39, 0.29) is 7.43 Å². The van der Waals surface area contributed by atoms with Crippen LogP contribution in [0, 0.1) is 0 Å². The van der Waals surface area contributed by atoms with Crippen molar-refractivity contribution < 1.29 is 0 Å². The smallest absolute Gasteiger partial charge is 0.161 e. The maximum atomic E-state index is 3.49. The van der Waals surface area contributed by atoms with Gasteiger partial charge in [0.1, 0.15) is 0 Å². The largest absolute Gasteiger partial charge is 0.177 e. The van der Waals surface area contributed by atoms with Gasteiger partial charge in [0.15, 0.2) is 6.33 Å². The van der Waals surface area contributed by atoms with Crippen LogP contribution < -0.4 is 0 Å². The highest BCUT2D eigenvalue weighted by Crippen LogP contribution is 1.80. The van der Waals surface area contributed by atoms with E-state index >= 15 is 0 Å². The van der Waals surface area contributed by atoms with Gasteiger partial charge >= 0.3 is 0 Å². The summed E-state index contributed by atoms with van der Waals surface area (Å²) in [4.78, 5) is 0. The summed E-state index contributed by atoms with van der Waals surface area (Å²) in [6.07, 6.45) is 2.99. The van der Waals surface area contributed by atoms with E-state index in [1.54, 1.807) is 6.21 Å². The number of nitrogens with one attached hydrogen (secondary N) is 1.